The molecule has 0 saturated heterocycles. The SMILES string of the molecule is Cc1ccc(C)c(NC(=O)c2cc(Nc3cccc(C#N)c3)ncn2)c1. The lowest BCUT2D eigenvalue weighted by atomic mass is 10.1. The van der Waals surface area contributed by atoms with E-state index in [0.717, 1.165) is 16.8 Å². The molecule has 0 bridgehead atoms. The van der Waals surface area contributed by atoms with Crippen LogP contribution in [-0.4, -0.2) is 15.9 Å². The molecule has 3 rings (SSSR count). The highest BCUT2D eigenvalue weighted by Gasteiger charge is 2.11. The normalized spacial score (nSPS) is 10.0. The molecule has 0 aliphatic heterocycles. The molecule has 2 N–H and O–H groups in total. The highest BCUT2D eigenvalue weighted by molar-refractivity contribution is 6.03. The zero-order valence-corrected chi connectivity index (χ0v) is 14.4. The van der Waals surface area contributed by atoms with Crippen LogP contribution in [0, 0.1) is 25.2 Å². The van der Waals surface area contributed by atoms with Crippen LogP contribution >= 0.6 is 0 Å². The van der Waals surface area contributed by atoms with E-state index >= 15 is 0 Å². The molecule has 1 amide bonds. The van der Waals surface area contributed by atoms with E-state index in [9.17, 15) is 4.79 Å². The number of benzene rings is 2. The molecular weight excluding hydrogens is 326 g/mol. The molecule has 1 heterocycles. The Morgan fingerprint density at radius 1 is 1.08 bits per heavy atom. The van der Waals surface area contributed by atoms with Crippen molar-refractivity contribution < 1.29 is 4.79 Å². The Morgan fingerprint density at radius 2 is 1.92 bits per heavy atom. The fourth-order valence-corrected chi connectivity index (χ4v) is 2.42. The van der Waals surface area contributed by atoms with Crippen LogP contribution in [0.4, 0.5) is 17.2 Å². The van der Waals surface area contributed by atoms with Crippen molar-refractivity contribution in [1.82, 2.24) is 9.97 Å². The van der Waals surface area contributed by atoms with Crippen molar-refractivity contribution in [3.8, 4) is 6.07 Å². The number of aryl methyl sites for hydroxylation is 2. The van der Waals surface area contributed by atoms with E-state index in [1.54, 1.807) is 24.3 Å². The van der Waals surface area contributed by atoms with Crippen LogP contribution in [0.25, 0.3) is 0 Å². The smallest absolute Gasteiger partial charge is 0.274 e. The molecule has 6 nitrogen and oxygen atoms in total. The van der Waals surface area contributed by atoms with Crippen molar-refractivity contribution in [1.29, 1.82) is 5.26 Å². The largest absolute Gasteiger partial charge is 0.340 e. The molecule has 1 aromatic heterocycles. The average Bonchev–Trinajstić information content (AvgIpc) is 2.65. The van der Waals surface area contributed by atoms with Crippen molar-refractivity contribution in [3.63, 3.8) is 0 Å². The number of rotatable bonds is 4. The molecular formula is C20H17N5O. The number of hydrogen-bond acceptors (Lipinski definition) is 5. The summed E-state index contributed by atoms with van der Waals surface area (Å²) < 4.78 is 0. The number of nitrogens with one attached hydrogen (secondary N) is 2. The molecule has 6 heteroatoms. The first-order valence-corrected chi connectivity index (χ1v) is 8.03. The minimum Gasteiger partial charge on any atom is -0.340 e. The number of carbonyl (C=O) groups is 1. The maximum absolute atomic E-state index is 12.5. The van der Waals surface area contributed by atoms with Gasteiger partial charge in [-0.1, -0.05) is 18.2 Å². The van der Waals surface area contributed by atoms with Gasteiger partial charge in [0.1, 0.15) is 17.8 Å². The fourth-order valence-electron chi connectivity index (χ4n) is 2.42. The van der Waals surface area contributed by atoms with Crippen LogP contribution in [-0.2, 0) is 0 Å². The Kier molecular flexibility index (Phi) is 4.90. The van der Waals surface area contributed by atoms with Gasteiger partial charge in [0.2, 0.25) is 0 Å². The third-order valence-corrected chi connectivity index (χ3v) is 3.81. The zero-order chi connectivity index (χ0) is 18.5. The molecule has 0 saturated carbocycles. The van der Waals surface area contributed by atoms with Crippen LogP contribution in [0.5, 0.6) is 0 Å². The molecule has 26 heavy (non-hydrogen) atoms. The lowest BCUT2D eigenvalue weighted by Crippen LogP contribution is -2.15. The molecule has 0 atom stereocenters. The molecule has 0 spiro atoms. The average molecular weight is 343 g/mol. The lowest BCUT2D eigenvalue weighted by Gasteiger charge is -2.10. The van der Waals surface area contributed by atoms with Gasteiger partial charge in [0.05, 0.1) is 11.6 Å². The summed E-state index contributed by atoms with van der Waals surface area (Å²) in [5.74, 6) is 0.163. The molecule has 3 aromatic rings. The zero-order valence-electron chi connectivity index (χ0n) is 14.4. The number of nitriles is 1. The first-order chi connectivity index (χ1) is 12.5. The predicted octanol–water partition coefficient (Wildman–Crippen LogP) is 3.96. The second-order valence-corrected chi connectivity index (χ2v) is 5.88. The fraction of sp³-hybridized carbons (Fsp3) is 0.100. The molecule has 0 aliphatic carbocycles. The Balaban J connectivity index is 1.79. The van der Waals surface area contributed by atoms with Gasteiger partial charge in [0.15, 0.2) is 0 Å². The van der Waals surface area contributed by atoms with Gasteiger partial charge in [0.25, 0.3) is 5.91 Å². The summed E-state index contributed by atoms with van der Waals surface area (Å²) in [5, 5.41) is 14.9. The third kappa shape index (κ3) is 4.02. The molecule has 0 radical (unpaired) electrons. The second-order valence-electron chi connectivity index (χ2n) is 5.88. The molecule has 0 aliphatic rings. The molecule has 2 aromatic carbocycles. The van der Waals surface area contributed by atoms with Gasteiger partial charge in [-0.3, -0.25) is 4.79 Å². The quantitative estimate of drug-likeness (QED) is 0.748. The topological polar surface area (TPSA) is 90.7 Å². The third-order valence-electron chi connectivity index (χ3n) is 3.81. The molecule has 0 unspecified atom stereocenters. The van der Waals surface area contributed by atoms with E-state index in [-0.39, 0.29) is 11.6 Å². The molecule has 0 fully saturated rings. The minimum absolute atomic E-state index is 0.250. The van der Waals surface area contributed by atoms with E-state index in [2.05, 4.69) is 26.7 Å². The number of nitrogens with zero attached hydrogens (tertiary/aromatic N) is 3. The lowest BCUT2D eigenvalue weighted by molar-refractivity contribution is 0.102. The number of carbonyl (C=O) groups excluding carboxylic acids is 1. The summed E-state index contributed by atoms with van der Waals surface area (Å²) in [6.45, 7) is 3.90. The Hall–Kier alpha value is -3.72. The Bertz CT molecular complexity index is 1010. The first kappa shape index (κ1) is 17.1. The van der Waals surface area contributed by atoms with Gasteiger partial charge in [0, 0.05) is 17.4 Å². The number of anilines is 3. The van der Waals surface area contributed by atoms with E-state index < -0.39 is 0 Å². The summed E-state index contributed by atoms with van der Waals surface area (Å²) in [5.41, 5.74) is 4.29. The predicted molar refractivity (Wildman–Crippen MR) is 100 cm³/mol. The van der Waals surface area contributed by atoms with Gasteiger partial charge < -0.3 is 10.6 Å². The second kappa shape index (κ2) is 7.45. The van der Waals surface area contributed by atoms with E-state index in [1.165, 1.54) is 6.33 Å². The summed E-state index contributed by atoms with van der Waals surface area (Å²) in [7, 11) is 0. The van der Waals surface area contributed by atoms with E-state index in [0.29, 0.717) is 17.1 Å². The van der Waals surface area contributed by atoms with Crippen LogP contribution in [0.1, 0.15) is 27.2 Å². The van der Waals surface area contributed by atoms with Crippen molar-refractivity contribution in [2.75, 3.05) is 10.6 Å². The van der Waals surface area contributed by atoms with E-state index in [1.807, 2.05) is 38.1 Å². The van der Waals surface area contributed by atoms with Crippen molar-refractivity contribution in [2.24, 2.45) is 0 Å². The standard InChI is InChI=1S/C20H17N5O/c1-13-6-7-14(2)17(8-13)25-20(26)18-10-19(23-12-22-18)24-16-5-3-4-15(9-16)11-21/h3-10,12H,1-2H3,(H,25,26)(H,22,23,24). The van der Waals surface area contributed by atoms with Gasteiger partial charge in [-0.15, -0.1) is 0 Å². The Labute approximate surface area is 151 Å². The minimum atomic E-state index is -0.310. The highest BCUT2D eigenvalue weighted by atomic mass is 16.1. The van der Waals surface area contributed by atoms with Crippen molar-refractivity contribution in [2.45, 2.75) is 13.8 Å². The van der Waals surface area contributed by atoms with Crippen molar-refractivity contribution in [3.05, 3.63) is 77.2 Å². The van der Waals surface area contributed by atoms with Crippen LogP contribution in [0.3, 0.4) is 0 Å². The number of hydrogen-bond donors (Lipinski definition) is 2. The first-order valence-electron chi connectivity index (χ1n) is 8.03. The van der Waals surface area contributed by atoms with E-state index in [4.69, 9.17) is 5.26 Å². The van der Waals surface area contributed by atoms with Gasteiger partial charge in [-0.2, -0.15) is 5.26 Å². The van der Waals surface area contributed by atoms with Gasteiger partial charge >= 0.3 is 0 Å². The maximum atomic E-state index is 12.5. The Morgan fingerprint density at radius 3 is 2.73 bits per heavy atom. The van der Waals surface area contributed by atoms with Gasteiger partial charge in [-0.25, -0.2) is 9.97 Å². The maximum Gasteiger partial charge on any atom is 0.274 e. The van der Waals surface area contributed by atoms with Gasteiger partial charge in [-0.05, 0) is 49.2 Å². The molecule has 128 valence electrons. The summed E-state index contributed by atoms with van der Waals surface area (Å²) in [6, 6.07) is 16.5. The van der Waals surface area contributed by atoms with Crippen LogP contribution < -0.4 is 10.6 Å². The summed E-state index contributed by atoms with van der Waals surface area (Å²) >= 11 is 0. The van der Waals surface area contributed by atoms with Crippen LogP contribution in [0.15, 0.2) is 54.9 Å². The summed E-state index contributed by atoms with van der Waals surface area (Å²) in [4.78, 5) is 20.7. The summed E-state index contributed by atoms with van der Waals surface area (Å²) in [6.07, 6.45) is 1.33. The highest BCUT2D eigenvalue weighted by Crippen LogP contribution is 2.19. The monoisotopic (exact) mass is 343 g/mol. The van der Waals surface area contributed by atoms with Crippen molar-refractivity contribution >= 4 is 23.1 Å². The number of aromatic nitrogens is 2. The van der Waals surface area contributed by atoms with Crippen LogP contribution in [0.2, 0.25) is 0 Å². The number of amides is 1.